The molecule has 8 heteroatoms. The molecule has 0 atom stereocenters. The van der Waals surface area contributed by atoms with Gasteiger partial charge in [-0.2, -0.15) is 4.98 Å². The minimum atomic E-state index is -0.393. The largest absolute Gasteiger partial charge is 0.497 e. The molecule has 0 saturated carbocycles. The molecular formula is C23H23N5O3. The van der Waals surface area contributed by atoms with Gasteiger partial charge in [0.15, 0.2) is 0 Å². The first kappa shape index (κ1) is 19.2. The molecule has 0 aliphatic carbocycles. The van der Waals surface area contributed by atoms with Gasteiger partial charge in [0.25, 0.3) is 5.91 Å². The number of nitrogens with one attached hydrogen (secondary N) is 2. The molecular weight excluding hydrogens is 394 g/mol. The number of carbonyl (C=O) groups is 1. The Labute approximate surface area is 179 Å². The zero-order valence-electron chi connectivity index (χ0n) is 17.2. The van der Waals surface area contributed by atoms with Crippen LogP contribution in [0, 0.1) is 0 Å². The Kier molecular flexibility index (Phi) is 5.03. The molecule has 1 aliphatic heterocycles. The van der Waals surface area contributed by atoms with Gasteiger partial charge in [-0.05, 0) is 37.0 Å². The molecule has 1 amide bonds. The first-order valence-electron chi connectivity index (χ1n) is 10.4. The van der Waals surface area contributed by atoms with Crippen LogP contribution in [0.15, 0.2) is 52.9 Å². The second-order valence-electron chi connectivity index (χ2n) is 7.52. The quantitative estimate of drug-likeness (QED) is 0.497. The predicted molar refractivity (Wildman–Crippen MR) is 119 cm³/mol. The van der Waals surface area contributed by atoms with Crippen molar-refractivity contribution in [2.24, 2.45) is 0 Å². The molecule has 2 aromatic carbocycles. The highest BCUT2D eigenvalue weighted by atomic mass is 16.5. The number of anilines is 2. The zero-order valence-corrected chi connectivity index (χ0v) is 17.2. The van der Waals surface area contributed by atoms with Crippen LogP contribution in [0.3, 0.4) is 0 Å². The van der Waals surface area contributed by atoms with Crippen molar-refractivity contribution in [2.45, 2.75) is 19.3 Å². The van der Waals surface area contributed by atoms with Crippen molar-refractivity contribution in [1.29, 1.82) is 0 Å². The van der Waals surface area contributed by atoms with E-state index in [1.54, 1.807) is 13.2 Å². The van der Waals surface area contributed by atoms with Gasteiger partial charge in [0.1, 0.15) is 11.3 Å². The lowest BCUT2D eigenvalue weighted by Gasteiger charge is -2.24. The third kappa shape index (κ3) is 3.72. The maximum absolute atomic E-state index is 13.2. The summed E-state index contributed by atoms with van der Waals surface area (Å²) in [7, 11) is 1.60. The number of hydrogen-bond donors (Lipinski definition) is 2. The molecule has 0 spiro atoms. The van der Waals surface area contributed by atoms with E-state index < -0.39 is 5.91 Å². The van der Waals surface area contributed by atoms with E-state index in [0.717, 1.165) is 42.4 Å². The van der Waals surface area contributed by atoms with E-state index in [0.29, 0.717) is 23.2 Å². The molecule has 158 valence electrons. The van der Waals surface area contributed by atoms with Gasteiger partial charge in [-0.25, -0.2) is 5.10 Å². The molecule has 4 aromatic rings. The number of carbonyl (C=O) groups excluding carboxylic acids is 1. The number of aromatic nitrogens is 3. The van der Waals surface area contributed by atoms with Gasteiger partial charge in [-0.1, -0.05) is 30.3 Å². The van der Waals surface area contributed by atoms with E-state index in [4.69, 9.17) is 9.15 Å². The fraction of sp³-hybridized carbons (Fsp3) is 0.261. The van der Waals surface area contributed by atoms with Gasteiger partial charge < -0.3 is 14.1 Å². The van der Waals surface area contributed by atoms with E-state index >= 15 is 0 Å². The number of methoxy groups -OCH3 is 1. The maximum Gasteiger partial charge on any atom is 0.294 e. The van der Waals surface area contributed by atoms with Crippen LogP contribution < -0.4 is 15.0 Å². The molecule has 0 unspecified atom stereocenters. The number of H-pyrrole nitrogens is 1. The fourth-order valence-electron chi connectivity index (χ4n) is 3.96. The number of hydrogen-bond acceptors (Lipinski definition) is 6. The van der Waals surface area contributed by atoms with Gasteiger partial charge in [0.05, 0.1) is 7.11 Å². The lowest BCUT2D eigenvalue weighted by molar-refractivity contribution is 0.0998. The highest BCUT2D eigenvalue weighted by Crippen LogP contribution is 2.36. The Bertz CT molecular complexity index is 1210. The van der Waals surface area contributed by atoms with E-state index in [-0.39, 0.29) is 5.76 Å². The van der Waals surface area contributed by atoms with Crippen molar-refractivity contribution < 1.29 is 13.9 Å². The molecule has 1 aliphatic rings. The average Bonchev–Trinajstić information content (AvgIpc) is 3.44. The number of nitrogens with zero attached hydrogens (tertiary/aromatic N) is 3. The van der Waals surface area contributed by atoms with Crippen molar-refractivity contribution >= 4 is 28.8 Å². The molecule has 3 heterocycles. The molecule has 1 saturated heterocycles. The first-order valence-corrected chi connectivity index (χ1v) is 10.4. The Morgan fingerprint density at radius 2 is 1.94 bits per heavy atom. The third-order valence-corrected chi connectivity index (χ3v) is 5.51. The molecule has 8 nitrogen and oxygen atoms in total. The van der Waals surface area contributed by atoms with Crippen molar-refractivity contribution in [3.63, 3.8) is 0 Å². The van der Waals surface area contributed by atoms with Crippen LogP contribution in [0.2, 0.25) is 0 Å². The van der Waals surface area contributed by atoms with Crippen LogP contribution >= 0.6 is 0 Å². The van der Waals surface area contributed by atoms with Crippen molar-refractivity contribution in [3.8, 4) is 16.9 Å². The Morgan fingerprint density at radius 1 is 1.13 bits per heavy atom. The lowest BCUT2D eigenvalue weighted by Crippen LogP contribution is -2.30. The number of ether oxygens (including phenoxy) is 1. The Hall–Kier alpha value is -3.81. The summed E-state index contributed by atoms with van der Waals surface area (Å²) in [6.07, 6.45) is 3.47. The van der Waals surface area contributed by atoms with E-state index in [2.05, 4.69) is 25.4 Å². The van der Waals surface area contributed by atoms with Crippen LogP contribution in [0.5, 0.6) is 5.75 Å². The predicted octanol–water partition coefficient (Wildman–Crippen LogP) is 4.47. The number of fused-ring (bicyclic) bond motifs is 1. The third-order valence-electron chi connectivity index (χ3n) is 5.51. The van der Waals surface area contributed by atoms with Gasteiger partial charge in [0.2, 0.25) is 17.7 Å². The number of piperidine rings is 1. The van der Waals surface area contributed by atoms with Crippen molar-refractivity contribution in [3.05, 3.63) is 54.3 Å². The molecule has 31 heavy (non-hydrogen) atoms. The standard InChI is InChI=1S/C23H23N5O3/c1-30-16-10-11-17-18(14-16)31-20(19(17)15-8-4-2-5-9-15)21(29)24-22-25-23(27-26-22)28-12-6-3-7-13-28/h2,4-5,8-11,14H,3,6-7,12-13H2,1H3,(H2,24,25,26,27,29). The fourth-order valence-corrected chi connectivity index (χ4v) is 3.96. The normalized spacial score (nSPS) is 14.0. The Morgan fingerprint density at radius 3 is 2.71 bits per heavy atom. The summed E-state index contributed by atoms with van der Waals surface area (Å²) in [5.74, 6) is 1.38. The topological polar surface area (TPSA) is 96.3 Å². The number of amides is 1. The minimum Gasteiger partial charge on any atom is -0.497 e. The average molecular weight is 417 g/mol. The van der Waals surface area contributed by atoms with Gasteiger partial charge in [-0.15, -0.1) is 5.10 Å². The summed E-state index contributed by atoms with van der Waals surface area (Å²) in [6, 6.07) is 15.2. The summed E-state index contributed by atoms with van der Waals surface area (Å²) in [5.41, 5.74) is 2.20. The lowest BCUT2D eigenvalue weighted by atomic mass is 10.0. The van der Waals surface area contributed by atoms with E-state index in [1.807, 2.05) is 42.5 Å². The molecule has 2 aromatic heterocycles. The van der Waals surface area contributed by atoms with Crippen LogP contribution in [-0.2, 0) is 0 Å². The summed E-state index contributed by atoms with van der Waals surface area (Å²) in [5, 5.41) is 10.7. The summed E-state index contributed by atoms with van der Waals surface area (Å²) >= 11 is 0. The van der Waals surface area contributed by atoms with Crippen molar-refractivity contribution in [1.82, 2.24) is 15.2 Å². The van der Waals surface area contributed by atoms with Gasteiger partial charge in [0, 0.05) is 30.1 Å². The summed E-state index contributed by atoms with van der Waals surface area (Å²) in [6.45, 7) is 1.85. The molecule has 1 fully saturated rings. The second-order valence-corrected chi connectivity index (χ2v) is 7.52. The highest BCUT2D eigenvalue weighted by molar-refractivity contribution is 6.12. The Balaban J connectivity index is 1.49. The zero-order chi connectivity index (χ0) is 21.2. The number of rotatable bonds is 5. The first-order chi connectivity index (χ1) is 15.2. The number of aromatic amines is 1. The maximum atomic E-state index is 13.2. The smallest absolute Gasteiger partial charge is 0.294 e. The SMILES string of the molecule is COc1ccc2c(-c3ccccc3)c(C(=O)Nc3nc(N4CCCCC4)n[nH]3)oc2c1. The molecule has 0 bridgehead atoms. The minimum absolute atomic E-state index is 0.213. The van der Waals surface area contributed by atoms with Crippen molar-refractivity contribution in [2.75, 3.05) is 30.4 Å². The van der Waals surface area contributed by atoms with Crippen LogP contribution in [0.1, 0.15) is 29.8 Å². The summed E-state index contributed by atoms with van der Waals surface area (Å²) in [4.78, 5) is 19.8. The van der Waals surface area contributed by atoms with E-state index in [9.17, 15) is 4.79 Å². The molecule has 5 rings (SSSR count). The van der Waals surface area contributed by atoms with Crippen LogP contribution in [-0.4, -0.2) is 41.3 Å². The second kappa shape index (κ2) is 8.14. The van der Waals surface area contributed by atoms with Crippen LogP contribution in [0.25, 0.3) is 22.1 Å². The number of furan rings is 1. The van der Waals surface area contributed by atoms with Crippen LogP contribution in [0.4, 0.5) is 11.9 Å². The monoisotopic (exact) mass is 417 g/mol. The summed E-state index contributed by atoms with van der Waals surface area (Å²) < 4.78 is 11.3. The van der Waals surface area contributed by atoms with Gasteiger partial charge in [-0.3, -0.25) is 10.1 Å². The van der Waals surface area contributed by atoms with E-state index in [1.165, 1.54) is 6.42 Å². The molecule has 2 N–H and O–H groups in total. The highest BCUT2D eigenvalue weighted by Gasteiger charge is 2.24. The molecule has 0 radical (unpaired) electrons. The van der Waals surface area contributed by atoms with Gasteiger partial charge >= 0.3 is 0 Å². The number of benzene rings is 2.